The Morgan fingerprint density at radius 3 is 2.45 bits per heavy atom. The van der Waals surface area contributed by atoms with Gasteiger partial charge < -0.3 is 5.32 Å². The molecule has 0 saturated carbocycles. The number of benzene rings is 1. The van der Waals surface area contributed by atoms with Crippen LogP contribution in [0.3, 0.4) is 0 Å². The van der Waals surface area contributed by atoms with Crippen molar-refractivity contribution >= 4 is 56.3 Å². The van der Waals surface area contributed by atoms with Crippen molar-refractivity contribution in [2.24, 2.45) is 0 Å². The van der Waals surface area contributed by atoms with Gasteiger partial charge in [0, 0.05) is 28.5 Å². The Labute approximate surface area is 133 Å². The monoisotopic (exact) mass is 373 g/mol. The zero-order valence-electron chi connectivity index (χ0n) is 10.6. The molecule has 1 atom stereocenters. The summed E-state index contributed by atoms with van der Waals surface area (Å²) in [5, 5.41) is 2.24. The molecule has 1 N–H and O–H groups in total. The molecule has 0 aromatic heterocycles. The molecule has 1 heterocycles. The number of hydrogen-bond acceptors (Lipinski definition) is 5. The average Bonchev–Trinajstić information content (AvgIpc) is 2.41. The maximum Gasteiger partial charge on any atom is 0.233 e. The normalized spacial score (nSPS) is 22.4. The van der Waals surface area contributed by atoms with Gasteiger partial charge in [-0.1, -0.05) is 39.8 Å². The molecule has 1 aromatic carbocycles. The van der Waals surface area contributed by atoms with E-state index in [1.54, 1.807) is 24.3 Å². The van der Waals surface area contributed by atoms with E-state index in [4.69, 9.17) is 0 Å². The van der Waals surface area contributed by atoms with Gasteiger partial charge in [0.05, 0.1) is 0 Å². The first-order chi connectivity index (χ1) is 9.45. The zero-order chi connectivity index (χ0) is 14.8. The summed E-state index contributed by atoms with van der Waals surface area (Å²) in [5.41, 5.74) is 0.408. The molecular weight excluding hydrogens is 362 g/mol. The van der Waals surface area contributed by atoms with E-state index < -0.39 is 4.87 Å². The third kappa shape index (κ3) is 3.10. The smallest absolute Gasteiger partial charge is 0.233 e. The second-order valence-electron chi connectivity index (χ2n) is 4.18. The van der Waals surface area contributed by atoms with E-state index in [0.29, 0.717) is 17.1 Å². The van der Waals surface area contributed by atoms with E-state index in [0.717, 1.165) is 16.2 Å². The molecule has 1 aromatic rings. The zero-order valence-corrected chi connectivity index (χ0v) is 13.9. The van der Waals surface area contributed by atoms with Crippen LogP contribution in [0, 0.1) is 0 Å². The Kier molecular flexibility index (Phi) is 4.93. The highest BCUT2D eigenvalue weighted by Gasteiger charge is 2.49. The number of thioether (sulfide) groups is 2. The first-order valence-corrected chi connectivity index (χ1v) is 8.62. The minimum atomic E-state index is -1.50. The van der Waals surface area contributed by atoms with Crippen molar-refractivity contribution in [2.45, 2.75) is 11.8 Å². The molecule has 1 aliphatic rings. The highest BCUT2D eigenvalue weighted by atomic mass is 79.9. The van der Waals surface area contributed by atoms with E-state index in [1.165, 1.54) is 18.7 Å². The first kappa shape index (κ1) is 15.6. The summed E-state index contributed by atoms with van der Waals surface area (Å²) < 4.78 is 0.847. The van der Waals surface area contributed by atoms with Crippen LogP contribution in [0.1, 0.15) is 17.3 Å². The van der Waals surface area contributed by atoms with Crippen molar-refractivity contribution in [1.29, 1.82) is 0 Å². The van der Waals surface area contributed by atoms with Gasteiger partial charge in [-0.25, -0.2) is 0 Å². The van der Waals surface area contributed by atoms with Crippen LogP contribution in [-0.2, 0) is 9.59 Å². The highest BCUT2D eigenvalue weighted by molar-refractivity contribution is 9.10. The Morgan fingerprint density at radius 1 is 1.25 bits per heavy atom. The van der Waals surface area contributed by atoms with Crippen LogP contribution in [0.5, 0.6) is 0 Å². The van der Waals surface area contributed by atoms with Crippen LogP contribution < -0.4 is 5.32 Å². The van der Waals surface area contributed by atoms with Crippen LogP contribution >= 0.6 is 39.5 Å². The van der Waals surface area contributed by atoms with Gasteiger partial charge >= 0.3 is 0 Å². The van der Waals surface area contributed by atoms with E-state index in [9.17, 15) is 14.4 Å². The second kappa shape index (κ2) is 6.32. The summed E-state index contributed by atoms with van der Waals surface area (Å²) in [6.45, 7) is 1.31. The topological polar surface area (TPSA) is 63.2 Å². The summed E-state index contributed by atoms with van der Waals surface area (Å²) in [6, 6.07) is 6.76. The number of Topliss-reactive ketones (excluding diaryl/α,β-unsaturated/α-hetero) is 1. The number of amides is 1. The number of carbonyl (C=O) groups excluding carboxylic acids is 3. The molecule has 0 spiro atoms. The van der Waals surface area contributed by atoms with E-state index in [-0.39, 0.29) is 16.8 Å². The molecule has 1 fully saturated rings. The number of rotatable bonds is 3. The minimum Gasteiger partial charge on any atom is -0.328 e. The van der Waals surface area contributed by atoms with Crippen molar-refractivity contribution in [1.82, 2.24) is 5.32 Å². The fraction of sp³-hybridized carbons (Fsp3) is 0.308. The maximum absolute atomic E-state index is 12.7. The molecule has 2 rings (SSSR count). The predicted molar refractivity (Wildman–Crippen MR) is 84.9 cm³/mol. The Balaban J connectivity index is 2.40. The molecular formula is C13H12BrNO3S2. The van der Waals surface area contributed by atoms with Crippen LogP contribution in [-0.4, -0.2) is 33.2 Å². The molecule has 1 aliphatic heterocycles. The lowest BCUT2D eigenvalue weighted by atomic mass is 10.0. The number of carbonyl (C=O) groups is 3. The molecule has 0 radical (unpaired) electrons. The number of hydrogen-bond donors (Lipinski definition) is 1. The molecule has 1 amide bonds. The van der Waals surface area contributed by atoms with Crippen molar-refractivity contribution in [3.63, 3.8) is 0 Å². The van der Waals surface area contributed by atoms with E-state index in [1.807, 2.05) is 0 Å². The lowest BCUT2D eigenvalue weighted by Crippen LogP contribution is -2.57. The van der Waals surface area contributed by atoms with Crippen molar-refractivity contribution in [2.75, 3.05) is 11.5 Å². The number of ketones is 1. The van der Waals surface area contributed by atoms with Crippen LogP contribution in [0.4, 0.5) is 0 Å². The average molecular weight is 374 g/mol. The molecule has 1 saturated heterocycles. The van der Waals surface area contributed by atoms with Gasteiger partial charge in [0.25, 0.3) is 0 Å². The van der Waals surface area contributed by atoms with Gasteiger partial charge in [-0.15, -0.1) is 11.8 Å². The summed E-state index contributed by atoms with van der Waals surface area (Å²) >= 11 is 5.58. The molecule has 1 unspecified atom stereocenters. The Bertz CT molecular complexity index is 561. The summed E-state index contributed by atoms with van der Waals surface area (Å²) in [4.78, 5) is 34.8. The fourth-order valence-electron chi connectivity index (χ4n) is 1.84. The van der Waals surface area contributed by atoms with Crippen molar-refractivity contribution < 1.29 is 14.4 Å². The van der Waals surface area contributed by atoms with Crippen LogP contribution in [0.25, 0.3) is 0 Å². The van der Waals surface area contributed by atoms with Crippen molar-refractivity contribution in [3.05, 3.63) is 34.3 Å². The molecule has 0 bridgehead atoms. The van der Waals surface area contributed by atoms with Gasteiger partial charge in [-0.2, -0.15) is 0 Å². The van der Waals surface area contributed by atoms with Crippen LogP contribution in [0.2, 0.25) is 0 Å². The summed E-state index contributed by atoms with van der Waals surface area (Å²) in [5.74, 6) is 0.526. The molecule has 7 heteroatoms. The SMILES string of the molecule is CC(=O)NC1(C(=O)c2ccc(Br)cc2)SCCSC1=O. The lowest BCUT2D eigenvalue weighted by molar-refractivity contribution is -0.123. The summed E-state index contributed by atoms with van der Waals surface area (Å²) in [6.07, 6.45) is 0. The van der Waals surface area contributed by atoms with Gasteiger partial charge in [-0.3, -0.25) is 14.4 Å². The van der Waals surface area contributed by atoms with E-state index in [2.05, 4.69) is 21.2 Å². The largest absolute Gasteiger partial charge is 0.328 e. The quantitative estimate of drug-likeness (QED) is 0.651. The first-order valence-electron chi connectivity index (χ1n) is 5.86. The predicted octanol–water partition coefficient (Wildman–Crippen LogP) is 2.47. The van der Waals surface area contributed by atoms with Crippen LogP contribution in [0.15, 0.2) is 28.7 Å². The lowest BCUT2D eigenvalue weighted by Gasteiger charge is -2.33. The Morgan fingerprint density at radius 2 is 1.90 bits per heavy atom. The number of nitrogens with one attached hydrogen (secondary N) is 1. The molecule has 0 aliphatic carbocycles. The molecule has 20 heavy (non-hydrogen) atoms. The third-order valence-electron chi connectivity index (χ3n) is 2.70. The van der Waals surface area contributed by atoms with Gasteiger partial charge in [0.15, 0.2) is 0 Å². The maximum atomic E-state index is 12.7. The van der Waals surface area contributed by atoms with Crippen molar-refractivity contribution in [3.8, 4) is 0 Å². The Hall–Kier alpha value is -0.790. The summed E-state index contributed by atoms with van der Waals surface area (Å²) in [7, 11) is 0. The van der Waals surface area contributed by atoms with E-state index >= 15 is 0 Å². The van der Waals surface area contributed by atoms with Gasteiger partial charge in [-0.05, 0) is 12.1 Å². The molecule has 4 nitrogen and oxygen atoms in total. The minimum absolute atomic E-state index is 0.308. The standard InChI is InChI=1S/C13H12BrNO3S2/c1-8(16)15-13(12(18)19-6-7-20-13)11(17)9-2-4-10(14)5-3-9/h2-5H,6-7H2,1H3,(H,15,16). The fourth-order valence-corrected chi connectivity index (χ4v) is 4.55. The highest BCUT2D eigenvalue weighted by Crippen LogP contribution is 2.37. The third-order valence-corrected chi connectivity index (χ3v) is 5.91. The number of halogens is 1. The van der Waals surface area contributed by atoms with Gasteiger partial charge in [0.1, 0.15) is 0 Å². The second-order valence-corrected chi connectivity index (χ2v) is 7.48. The van der Waals surface area contributed by atoms with Gasteiger partial charge in [0.2, 0.25) is 21.7 Å². The molecule has 106 valence electrons.